The van der Waals surface area contributed by atoms with E-state index in [1.54, 1.807) is 11.3 Å². The van der Waals surface area contributed by atoms with Gasteiger partial charge in [0.05, 0.1) is 0 Å². The van der Waals surface area contributed by atoms with Crippen LogP contribution in [0.3, 0.4) is 0 Å². The summed E-state index contributed by atoms with van der Waals surface area (Å²) in [6.07, 6.45) is 2.41. The fourth-order valence-corrected chi connectivity index (χ4v) is 5.03. The van der Waals surface area contributed by atoms with Crippen LogP contribution in [0.25, 0.3) is 10.1 Å². The van der Waals surface area contributed by atoms with Crippen molar-refractivity contribution < 1.29 is 4.79 Å². The van der Waals surface area contributed by atoms with Crippen LogP contribution in [-0.4, -0.2) is 35.5 Å². The topological polar surface area (TPSA) is 32.3 Å². The van der Waals surface area contributed by atoms with E-state index in [1.807, 2.05) is 18.2 Å². The largest absolute Gasteiger partial charge is 0.347 e. The van der Waals surface area contributed by atoms with Gasteiger partial charge in [0.2, 0.25) is 0 Å². The van der Waals surface area contributed by atoms with Crippen molar-refractivity contribution in [3.63, 3.8) is 0 Å². The van der Waals surface area contributed by atoms with Crippen molar-refractivity contribution in [2.45, 2.75) is 38.3 Å². The van der Waals surface area contributed by atoms with Gasteiger partial charge in [0, 0.05) is 21.8 Å². The van der Waals surface area contributed by atoms with Crippen molar-refractivity contribution in [2.75, 3.05) is 13.1 Å². The lowest BCUT2D eigenvalue weighted by molar-refractivity contribution is -0.0378. The van der Waals surface area contributed by atoms with E-state index in [0.717, 1.165) is 5.56 Å². The number of piperidine rings is 3. The molecule has 3 saturated heterocycles. The second-order valence-corrected chi connectivity index (χ2v) is 8.05. The van der Waals surface area contributed by atoms with E-state index in [-0.39, 0.29) is 17.5 Å². The first-order chi connectivity index (χ1) is 10.6. The van der Waals surface area contributed by atoms with Crippen LogP contribution < -0.4 is 5.32 Å². The molecule has 4 heteroatoms. The molecule has 0 spiro atoms. The van der Waals surface area contributed by atoms with Gasteiger partial charge in [-0.25, -0.2) is 0 Å². The van der Waals surface area contributed by atoms with Gasteiger partial charge < -0.3 is 5.32 Å². The summed E-state index contributed by atoms with van der Waals surface area (Å²) in [7, 11) is 0. The third-order valence-corrected chi connectivity index (χ3v) is 6.47. The zero-order valence-corrected chi connectivity index (χ0v) is 14.0. The predicted molar refractivity (Wildman–Crippen MR) is 91.5 cm³/mol. The SMILES string of the molecule is CC1(C)[C@@H](NC(=O)c2ccc3ccsc3c2)C2CCN1CC2. The van der Waals surface area contributed by atoms with Gasteiger partial charge in [-0.1, -0.05) is 6.07 Å². The highest BCUT2D eigenvalue weighted by Crippen LogP contribution is 2.39. The summed E-state index contributed by atoms with van der Waals surface area (Å²) in [6, 6.07) is 8.35. The van der Waals surface area contributed by atoms with Crippen LogP contribution in [0, 0.1) is 5.92 Å². The summed E-state index contributed by atoms with van der Waals surface area (Å²) in [6.45, 7) is 6.88. The van der Waals surface area contributed by atoms with Gasteiger partial charge in [-0.15, -0.1) is 11.3 Å². The quantitative estimate of drug-likeness (QED) is 0.920. The average Bonchev–Trinajstić information content (AvgIpc) is 2.98. The highest BCUT2D eigenvalue weighted by Gasteiger charge is 2.48. The molecule has 1 amide bonds. The maximum Gasteiger partial charge on any atom is 0.251 e. The first-order valence-electron chi connectivity index (χ1n) is 8.09. The minimum atomic E-state index is 0.0594. The third-order valence-electron chi connectivity index (χ3n) is 5.59. The molecule has 3 nitrogen and oxygen atoms in total. The number of nitrogens with one attached hydrogen (secondary N) is 1. The molecule has 116 valence electrons. The summed E-state index contributed by atoms with van der Waals surface area (Å²) < 4.78 is 1.18. The number of rotatable bonds is 2. The Balaban J connectivity index is 1.58. The molecular weight excluding hydrogens is 292 g/mol. The van der Waals surface area contributed by atoms with Gasteiger partial charge >= 0.3 is 0 Å². The van der Waals surface area contributed by atoms with Crippen LogP contribution in [0.4, 0.5) is 0 Å². The molecule has 0 saturated carbocycles. The summed E-state index contributed by atoms with van der Waals surface area (Å²) in [5.74, 6) is 0.691. The molecule has 0 radical (unpaired) electrons. The van der Waals surface area contributed by atoms with Gasteiger partial charge in [0.1, 0.15) is 0 Å². The lowest BCUT2D eigenvalue weighted by Gasteiger charge is -2.56. The maximum atomic E-state index is 12.7. The van der Waals surface area contributed by atoms with Crippen molar-refractivity contribution >= 4 is 27.3 Å². The fourth-order valence-electron chi connectivity index (χ4n) is 4.20. The summed E-state index contributed by atoms with van der Waals surface area (Å²) in [5, 5.41) is 6.62. The van der Waals surface area contributed by atoms with Gasteiger partial charge in [-0.05, 0) is 74.7 Å². The zero-order chi connectivity index (χ0) is 15.3. The Kier molecular flexibility index (Phi) is 3.27. The molecule has 0 aliphatic carbocycles. The van der Waals surface area contributed by atoms with Crippen LogP contribution in [0.5, 0.6) is 0 Å². The smallest absolute Gasteiger partial charge is 0.251 e. The number of carbonyl (C=O) groups is 1. The van der Waals surface area contributed by atoms with E-state index in [0.29, 0.717) is 5.92 Å². The van der Waals surface area contributed by atoms with E-state index in [9.17, 15) is 4.79 Å². The molecular formula is C18H22N2OS. The van der Waals surface area contributed by atoms with Gasteiger partial charge in [0.25, 0.3) is 5.91 Å². The number of amides is 1. The number of hydrogen-bond acceptors (Lipinski definition) is 3. The van der Waals surface area contributed by atoms with Crippen LogP contribution in [0.1, 0.15) is 37.0 Å². The summed E-state index contributed by atoms with van der Waals surface area (Å²) >= 11 is 1.69. The molecule has 22 heavy (non-hydrogen) atoms. The molecule has 2 bridgehead atoms. The van der Waals surface area contributed by atoms with Gasteiger partial charge in [-0.3, -0.25) is 9.69 Å². The van der Waals surface area contributed by atoms with Crippen molar-refractivity contribution in [2.24, 2.45) is 5.92 Å². The molecule has 3 aliphatic rings. The lowest BCUT2D eigenvalue weighted by Crippen LogP contribution is -2.69. The molecule has 3 aliphatic heterocycles. The van der Waals surface area contributed by atoms with Crippen molar-refractivity contribution in [3.8, 4) is 0 Å². The molecule has 2 aromatic rings. The standard InChI is InChI=1S/C18H22N2OS/c1-18(2)16(13-5-8-20(18)9-6-13)19-17(21)14-4-3-12-7-10-22-15(12)11-14/h3-4,7,10-11,13,16H,5-6,8-9H2,1-2H3,(H,19,21)/t16-/m0/s1. The molecule has 1 aromatic heterocycles. The predicted octanol–water partition coefficient (Wildman–Crippen LogP) is 3.50. The molecule has 4 heterocycles. The normalized spacial score (nSPS) is 29.6. The van der Waals surface area contributed by atoms with Crippen molar-refractivity contribution in [3.05, 3.63) is 35.2 Å². The van der Waals surface area contributed by atoms with E-state index >= 15 is 0 Å². The first-order valence-corrected chi connectivity index (χ1v) is 8.97. The molecule has 1 aromatic carbocycles. The summed E-state index contributed by atoms with van der Waals surface area (Å²) in [5.41, 5.74) is 0.839. The van der Waals surface area contributed by atoms with Crippen LogP contribution in [0.15, 0.2) is 29.6 Å². The molecule has 0 unspecified atom stereocenters. The van der Waals surface area contributed by atoms with Gasteiger partial charge in [0.15, 0.2) is 0 Å². The fraction of sp³-hybridized carbons (Fsp3) is 0.500. The van der Waals surface area contributed by atoms with E-state index in [4.69, 9.17) is 0 Å². The van der Waals surface area contributed by atoms with Crippen molar-refractivity contribution in [1.82, 2.24) is 10.2 Å². The lowest BCUT2D eigenvalue weighted by atomic mass is 9.72. The molecule has 1 atom stereocenters. The third kappa shape index (κ3) is 2.17. The van der Waals surface area contributed by atoms with Crippen LogP contribution >= 0.6 is 11.3 Å². The van der Waals surface area contributed by atoms with Crippen LogP contribution in [-0.2, 0) is 0 Å². The number of carbonyl (C=O) groups excluding carboxylic acids is 1. The summed E-state index contributed by atoms with van der Waals surface area (Å²) in [4.78, 5) is 15.2. The Morgan fingerprint density at radius 2 is 2.05 bits per heavy atom. The Hall–Kier alpha value is -1.39. The minimum absolute atomic E-state index is 0.0594. The Labute approximate surface area is 135 Å². The molecule has 1 N–H and O–H groups in total. The minimum Gasteiger partial charge on any atom is -0.347 e. The molecule has 5 rings (SSSR count). The highest BCUT2D eigenvalue weighted by molar-refractivity contribution is 7.17. The van der Waals surface area contributed by atoms with E-state index < -0.39 is 0 Å². The first kappa shape index (κ1) is 14.2. The Morgan fingerprint density at radius 3 is 2.77 bits per heavy atom. The van der Waals surface area contributed by atoms with E-state index in [2.05, 4.69) is 35.5 Å². The highest BCUT2D eigenvalue weighted by atomic mass is 32.1. The van der Waals surface area contributed by atoms with Crippen molar-refractivity contribution in [1.29, 1.82) is 0 Å². The van der Waals surface area contributed by atoms with Gasteiger partial charge in [-0.2, -0.15) is 0 Å². The number of hydrogen-bond donors (Lipinski definition) is 1. The maximum absolute atomic E-state index is 12.7. The second kappa shape index (κ2) is 5.07. The number of thiophene rings is 1. The second-order valence-electron chi connectivity index (χ2n) is 7.10. The number of benzene rings is 1. The monoisotopic (exact) mass is 314 g/mol. The van der Waals surface area contributed by atoms with E-state index in [1.165, 1.54) is 36.0 Å². The molecule has 3 fully saturated rings. The Bertz CT molecular complexity index is 713. The number of fused-ring (bicyclic) bond motifs is 4. The Morgan fingerprint density at radius 1 is 1.27 bits per heavy atom. The number of nitrogens with zero attached hydrogens (tertiary/aromatic N) is 1. The average molecular weight is 314 g/mol. The zero-order valence-electron chi connectivity index (χ0n) is 13.1. The van der Waals surface area contributed by atoms with Crippen LogP contribution in [0.2, 0.25) is 0 Å².